The molecule has 0 aliphatic carbocycles. The molecule has 2 aliphatic rings. The van der Waals surface area contributed by atoms with Gasteiger partial charge in [-0.3, -0.25) is 4.79 Å². The SMILES string of the molecule is O=C(NCc1ccc2c(c1)OCO2)c1csc(-c2ccc(N3CCCC3)nc2)n1. The zero-order valence-corrected chi connectivity index (χ0v) is 16.6. The third kappa shape index (κ3) is 3.75. The lowest BCUT2D eigenvalue weighted by atomic mass is 10.2. The van der Waals surface area contributed by atoms with Crippen molar-refractivity contribution in [1.82, 2.24) is 15.3 Å². The first-order chi connectivity index (χ1) is 14.3. The zero-order valence-electron chi connectivity index (χ0n) is 15.8. The highest BCUT2D eigenvalue weighted by Crippen LogP contribution is 2.32. The second kappa shape index (κ2) is 7.71. The molecule has 0 atom stereocenters. The normalized spacial score (nSPS) is 15.0. The molecule has 8 heteroatoms. The number of benzene rings is 1. The van der Waals surface area contributed by atoms with Crippen LogP contribution in [0, 0.1) is 0 Å². The van der Waals surface area contributed by atoms with Crippen LogP contribution in [-0.4, -0.2) is 35.8 Å². The summed E-state index contributed by atoms with van der Waals surface area (Å²) in [6, 6.07) is 9.69. The zero-order chi connectivity index (χ0) is 19.6. The molecule has 4 heterocycles. The summed E-state index contributed by atoms with van der Waals surface area (Å²) in [5.41, 5.74) is 2.28. The average Bonchev–Trinajstić information content (AvgIpc) is 3.53. The number of amides is 1. The van der Waals surface area contributed by atoms with Crippen LogP contribution in [0.25, 0.3) is 10.6 Å². The molecule has 29 heavy (non-hydrogen) atoms. The largest absolute Gasteiger partial charge is 0.454 e. The van der Waals surface area contributed by atoms with E-state index in [0.717, 1.165) is 40.8 Å². The fourth-order valence-corrected chi connectivity index (χ4v) is 4.27. The van der Waals surface area contributed by atoms with Crippen LogP contribution in [0.1, 0.15) is 28.9 Å². The summed E-state index contributed by atoms with van der Waals surface area (Å²) in [6.45, 7) is 2.77. The number of nitrogens with one attached hydrogen (secondary N) is 1. The molecule has 5 rings (SSSR count). The van der Waals surface area contributed by atoms with E-state index in [1.54, 1.807) is 5.38 Å². The van der Waals surface area contributed by atoms with Crippen LogP contribution in [-0.2, 0) is 6.54 Å². The van der Waals surface area contributed by atoms with Crippen LogP contribution in [0.5, 0.6) is 11.5 Å². The maximum atomic E-state index is 12.5. The highest BCUT2D eigenvalue weighted by molar-refractivity contribution is 7.13. The molecule has 1 aromatic carbocycles. The Labute approximate surface area is 172 Å². The number of ether oxygens (including phenoxy) is 2. The van der Waals surface area contributed by atoms with Crippen LogP contribution >= 0.6 is 11.3 Å². The minimum Gasteiger partial charge on any atom is -0.454 e. The molecule has 7 nitrogen and oxygen atoms in total. The van der Waals surface area contributed by atoms with Crippen molar-refractivity contribution >= 4 is 23.1 Å². The molecule has 1 N–H and O–H groups in total. The van der Waals surface area contributed by atoms with Crippen molar-refractivity contribution in [2.45, 2.75) is 19.4 Å². The third-order valence-corrected chi connectivity index (χ3v) is 5.94. The summed E-state index contributed by atoms with van der Waals surface area (Å²) in [7, 11) is 0. The van der Waals surface area contributed by atoms with Gasteiger partial charge in [-0.05, 0) is 42.7 Å². The van der Waals surface area contributed by atoms with E-state index in [1.165, 1.54) is 24.2 Å². The number of thiazole rings is 1. The Morgan fingerprint density at radius 3 is 2.83 bits per heavy atom. The van der Waals surface area contributed by atoms with E-state index >= 15 is 0 Å². The number of anilines is 1. The molecule has 3 aromatic rings. The van der Waals surface area contributed by atoms with Gasteiger partial charge in [0.05, 0.1) is 0 Å². The standard InChI is InChI=1S/C21H20N4O3S/c26-20(23-10-14-3-5-17-18(9-14)28-13-27-17)16-12-29-21(24-16)15-4-6-19(22-11-15)25-7-1-2-8-25/h3-6,9,11-12H,1-2,7-8,10,13H2,(H,23,26). The van der Waals surface area contributed by atoms with E-state index in [0.29, 0.717) is 18.0 Å². The molecule has 1 amide bonds. The van der Waals surface area contributed by atoms with Crippen molar-refractivity contribution in [1.29, 1.82) is 0 Å². The lowest BCUT2D eigenvalue weighted by molar-refractivity contribution is 0.0946. The van der Waals surface area contributed by atoms with Gasteiger partial charge in [0.1, 0.15) is 16.5 Å². The third-order valence-electron chi connectivity index (χ3n) is 5.05. The minimum atomic E-state index is -0.202. The van der Waals surface area contributed by atoms with Gasteiger partial charge in [0.15, 0.2) is 11.5 Å². The number of rotatable bonds is 5. The smallest absolute Gasteiger partial charge is 0.271 e. The van der Waals surface area contributed by atoms with Gasteiger partial charge in [0.25, 0.3) is 5.91 Å². The highest BCUT2D eigenvalue weighted by Gasteiger charge is 2.16. The van der Waals surface area contributed by atoms with Crippen LogP contribution in [0.2, 0.25) is 0 Å². The monoisotopic (exact) mass is 408 g/mol. The van der Waals surface area contributed by atoms with E-state index in [-0.39, 0.29) is 12.7 Å². The number of aromatic nitrogens is 2. The molecule has 2 aromatic heterocycles. The molecule has 2 aliphatic heterocycles. The van der Waals surface area contributed by atoms with Crippen LogP contribution < -0.4 is 19.7 Å². The molecular formula is C21H20N4O3S. The molecule has 0 bridgehead atoms. The molecule has 0 unspecified atom stereocenters. The second-order valence-corrected chi connectivity index (χ2v) is 7.87. The number of pyridine rings is 1. The van der Waals surface area contributed by atoms with E-state index < -0.39 is 0 Å². The minimum absolute atomic E-state index is 0.202. The number of carbonyl (C=O) groups excluding carboxylic acids is 1. The predicted molar refractivity (Wildman–Crippen MR) is 111 cm³/mol. The van der Waals surface area contributed by atoms with Crippen molar-refractivity contribution in [2.24, 2.45) is 0 Å². The first-order valence-corrected chi connectivity index (χ1v) is 10.5. The first-order valence-electron chi connectivity index (χ1n) is 9.60. The number of hydrogen-bond donors (Lipinski definition) is 1. The maximum absolute atomic E-state index is 12.5. The fraction of sp³-hybridized carbons (Fsp3) is 0.286. The van der Waals surface area contributed by atoms with Crippen LogP contribution in [0.4, 0.5) is 5.82 Å². The molecule has 0 radical (unpaired) electrons. The Morgan fingerprint density at radius 2 is 2.00 bits per heavy atom. The summed E-state index contributed by atoms with van der Waals surface area (Å²) < 4.78 is 10.7. The van der Waals surface area contributed by atoms with Crippen molar-refractivity contribution < 1.29 is 14.3 Å². The molecule has 1 saturated heterocycles. The van der Waals surface area contributed by atoms with Gasteiger partial charge in [-0.15, -0.1) is 11.3 Å². The fourth-order valence-electron chi connectivity index (χ4n) is 3.48. The summed E-state index contributed by atoms with van der Waals surface area (Å²) in [5, 5.41) is 5.47. The molecule has 1 fully saturated rings. The quantitative estimate of drug-likeness (QED) is 0.697. The van der Waals surface area contributed by atoms with Gasteiger partial charge in [-0.1, -0.05) is 6.07 Å². The second-order valence-electron chi connectivity index (χ2n) is 7.01. The molecule has 0 spiro atoms. The molecular weight excluding hydrogens is 388 g/mol. The van der Waals surface area contributed by atoms with Crippen LogP contribution in [0.3, 0.4) is 0 Å². The highest BCUT2D eigenvalue weighted by atomic mass is 32.1. The summed E-state index contributed by atoms with van der Waals surface area (Å²) in [6.07, 6.45) is 4.28. The van der Waals surface area contributed by atoms with E-state index in [4.69, 9.17) is 9.47 Å². The average molecular weight is 408 g/mol. The Kier molecular flexibility index (Phi) is 4.77. The Morgan fingerprint density at radius 1 is 1.14 bits per heavy atom. The van der Waals surface area contributed by atoms with Gasteiger partial charge in [0.2, 0.25) is 6.79 Å². The number of carbonyl (C=O) groups is 1. The van der Waals surface area contributed by atoms with Gasteiger partial charge in [-0.25, -0.2) is 9.97 Å². The van der Waals surface area contributed by atoms with Gasteiger partial charge in [0, 0.05) is 36.8 Å². The van der Waals surface area contributed by atoms with E-state index in [1.807, 2.05) is 36.5 Å². The van der Waals surface area contributed by atoms with Crippen molar-refractivity contribution in [2.75, 3.05) is 24.8 Å². The number of hydrogen-bond acceptors (Lipinski definition) is 7. The Balaban J connectivity index is 1.23. The van der Waals surface area contributed by atoms with Gasteiger partial charge < -0.3 is 19.7 Å². The van der Waals surface area contributed by atoms with Crippen molar-refractivity contribution in [3.8, 4) is 22.1 Å². The van der Waals surface area contributed by atoms with Crippen molar-refractivity contribution in [3.05, 3.63) is 53.2 Å². The molecule has 0 saturated carbocycles. The van der Waals surface area contributed by atoms with Crippen LogP contribution in [0.15, 0.2) is 41.9 Å². The van der Waals surface area contributed by atoms with E-state index in [9.17, 15) is 4.79 Å². The number of fused-ring (bicyclic) bond motifs is 1. The first kappa shape index (κ1) is 17.9. The predicted octanol–water partition coefficient (Wildman–Crippen LogP) is 3.46. The summed E-state index contributed by atoms with van der Waals surface area (Å²) in [4.78, 5) is 23.8. The van der Waals surface area contributed by atoms with Gasteiger partial charge >= 0.3 is 0 Å². The molecule has 148 valence electrons. The lowest BCUT2D eigenvalue weighted by Gasteiger charge is -2.15. The maximum Gasteiger partial charge on any atom is 0.271 e. The topological polar surface area (TPSA) is 76.6 Å². The summed E-state index contributed by atoms with van der Waals surface area (Å²) >= 11 is 1.44. The van der Waals surface area contributed by atoms with Gasteiger partial charge in [-0.2, -0.15) is 0 Å². The van der Waals surface area contributed by atoms with Crippen molar-refractivity contribution in [3.63, 3.8) is 0 Å². The lowest BCUT2D eigenvalue weighted by Crippen LogP contribution is -2.23. The number of nitrogens with zero attached hydrogens (tertiary/aromatic N) is 3. The Bertz CT molecular complexity index is 1030. The summed E-state index contributed by atoms with van der Waals surface area (Å²) in [5.74, 6) is 2.24. The Hall–Kier alpha value is -3.13. The van der Waals surface area contributed by atoms with E-state index in [2.05, 4.69) is 20.2 Å².